The molecule has 0 saturated carbocycles. The molecular weight excluding hydrogens is 294 g/mol. The summed E-state index contributed by atoms with van der Waals surface area (Å²) in [5.41, 5.74) is 1.95. The highest BCUT2D eigenvalue weighted by Gasteiger charge is 2.14. The van der Waals surface area contributed by atoms with Gasteiger partial charge in [-0.15, -0.1) is 0 Å². The van der Waals surface area contributed by atoms with Gasteiger partial charge < -0.3 is 14.5 Å². The van der Waals surface area contributed by atoms with Crippen LogP contribution in [0.3, 0.4) is 0 Å². The first-order valence-electron chi connectivity index (χ1n) is 7.04. The fraction of sp³-hybridized carbons (Fsp3) is 0.118. The molecule has 116 valence electrons. The van der Waals surface area contributed by atoms with Crippen LogP contribution in [-0.4, -0.2) is 23.0 Å². The van der Waals surface area contributed by atoms with Crippen LogP contribution in [0.1, 0.15) is 15.9 Å². The Morgan fingerprint density at radius 2 is 2.00 bits per heavy atom. The van der Waals surface area contributed by atoms with Gasteiger partial charge in [-0.3, -0.25) is 9.78 Å². The van der Waals surface area contributed by atoms with Crippen molar-refractivity contribution >= 4 is 5.91 Å². The molecule has 3 aromatic rings. The Kier molecular flexibility index (Phi) is 4.33. The van der Waals surface area contributed by atoms with E-state index in [9.17, 15) is 4.79 Å². The molecule has 0 saturated heterocycles. The van der Waals surface area contributed by atoms with Gasteiger partial charge in [0.25, 0.3) is 5.91 Å². The van der Waals surface area contributed by atoms with Gasteiger partial charge in [0.2, 0.25) is 5.88 Å². The molecule has 23 heavy (non-hydrogen) atoms. The molecule has 0 aliphatic carbocycles. The highest BCUT2D eigenvalue weighted by Crippen LogP contribution is 2.21. The third-order valence-corrected chi connectivity index (χ3v) is 3.29. The number of nitrogens with zero attached hydrogens (tertiary/aromatic N) is 2. The number of rotatable bonds is 5. The van der Waals surface area contributed by atoms with Crippen molar-refractivity contribution in [3.05, 3.63) is 66.2 Å². The lowest BCUT2D eigenvalue weighted by molar-refractivity contribution is 0.0947. The summed E-state index contributed by atoms with van der Waals surface area (Å²) in [5, 5.41) is 2.85. The number of hydrogen-bond donors (Lipinski definition) is 1. The van der Waals surface area contributed by atoms with Gasteiger partial charge in [0.05, 0.1) is 13.4 Å². The van der Waals surface area contributed by atoms with Crippen LogP contribution in [0.25, 0.3) is 11.5 Å². The first kappa shape index (κ1) is 14.8. The number of pyridine rings is 2. The summed E-state index contributed by atoms with van der Waals surface area (Å²) in [6.07, 6.45) is 4.85. The topological polar surface area (TPSA) is 77.2 Å². The van der Waals surface area contributed by atoms with Crippen molar-refractivity contribution in [2.24, 2.45) is 0 Å². The second kappa shape index (κ2) is 6.74. The smallest absolute Gasteiger partial charge is 0.257 e. The molecule has 3 rings (SSSR count). The van der Waals surface area contributed by atoms with E-state index in [1.807, 2.05) is 18.2 Å². The van der Waals surface area contributed by atoms with E-state index in [2.05, 4.69) is 15.3 Å². The predicted octanol–water partition coefficient (Wildman–Crippen LogP) is 2.68. The molecule has 0 unspecified atom stereocenters. The van der Waals surface area contributed by atoms with Crippen molar-refractivity contribution in [3.8, 4) is 17.3 Å². The van der Waals surface area contributed by atoms with Crippen molar-refractivity contribution in [3.63, 3.8) is 0 Å². The summed E-state index contributed by atoms with van der Waals surface area (Å²) in [5.74, 6) is 0.695. The van der Waals surface area contributed by atoms with E-state index >= 15 is 0 Å². The number of furan rings is 1. The first-order valence-corrected chi connectivity index (χ1v) is 7.04. The van der Waals surface area contributed by atoms with E-state index in [1.165, 1.54) is 7.11 Å². The van der Waals surface area contributed by atoms with Gasteiger partial charge in [-0.1, -0.05) is 6.07 Å². The Hall–Kier alpha value is -3.15. The van der Waals surface area contributed by atoms with Gasteiger partial charge in [-0.2, -0.15) is 0 Å². The lowest BCUT2D eigenvalue weighted by Crippen LogP contribution is -2.24. The van der Waals surface area contributed by atoms with E-state index in [1.54, 1.807) is 36.9 Å². The summed E-state index contributed by atoms with van der Waals surface area (Å²) >= 11 is 0. The van der Waals surface area contributed by atoms with E-state index in [4.69, 9.17) is 9.15 Å². The maximum Gasteiger partial charge on any atom is 0.257 e. The van der Waals surface area contributed by atoms with Gasteiger partial charge in [0.15, 0.2) is 5.76 Å². The van der Waals surface area contributed by atoms with Crippen LogP contribution < -0.4 is 10.1 Å². The second-order valence-electron chi connectivity index (χ2n) is 4.73. The van der Waals surface area contributed by atoms with Crippen molar-refractivity contribution in [1.82, 2.24) is 15.3 Å². The zero-order chi connectivity index (χ0) is 16.1. The monoisotopic (exact) mass is 309 g/mol. The average molecular weight is 309 g/mol. The minimum absolute atomic E-state index is 0.260. The van der Waals surface area contributed by atoms with Crippen LogP contribution in [0.15, 0.2) is 59.5 Å². The standard InChI is InChI=1S/C17H15N3O3/c1-22-17-13(6-3-9-19-17)16(21)20-11-12-5-2-8-18-15(12)14-7-4-10-23-14/h2-10H,11H2,1H3,(H,20,21). The number of ether oxygens (including phenoxy) is 1. The predicted molar refractivity (Wildman–Crippen MR) is 83.9 cm³/mol. The van der Waals surface area contributed by atoms with Gasteiger partial charge in [-0.25, -0.2) is 4.98 Å². The molecule has 0 aliphatic rings. The molecule has 6 nitrogen and oxygen atoms in total. The summed E-state index contributed by atoms with van der Waals surface area (Å²) in [6, 6.07) is 10.7. The Bertz CT molecular complexity index is 800. The van der Waals surface area contributed by atoms with Crippen LogP contribution in [0.5, 0.6) is 5.88 Å². The second-order valence-corrected chi connectivity index (χ2v) is 4.73. The van der Waals surface area contributed by atoms with Crippen molar-refractivity contribution < 1.29 is 13.9 Å². The summed E-state index contributed by atoms with van der Waals surface area (Å²) in [6.45, 7) is 0.320. The largest absolute Gasteiger partial charge is 0.480 e. The molecule has 0 bridgehead atoms. The third-order valence-electron chi connectivity index (χ3n) is 3.29. The number of hydrogen-bond acceptors (Lipinski definition) is 5. The number of nitrogens with one attached hydrogen (secondary N) is 1. The Morgan fingerprint density at radius 1 is 1.17 bits per heavy atom. The molecule has 0 spiro atoms. The number of aromatic nitrogens is 2. The summed E-state index contributed by atoms with van der Waals surface area (Å²) < 4.78 is 10.5. The molecule has 0 fully saturated rings. The van der Waals surface area contributed by atoms with Crippen molar-refractivity contribution in [1.29, 1.82) is 0 Å². The molecule has 0 radical (unpaired) electrons. The van der Waals surface area contributed by atoms with Gasteiger partial charge in [0, 0.05) is 24.5 Å². The minimum atomic E-state index is -0.260. The van der Waals surface area contributed by atoms with Crippen LogP contribution in [0, 0.1) is 0 Å². The van der Waals surface area contributed by atoms with E-state index in [0.717, 1.165) is 5.56 Å². The fourth-order valence-corrected chi connectivity index (χ4v) is 2.21. The van der Waals surface area contributed by atoms with Crippen LogP contribution >= 0.6 is 0 Å². The number of carbonyl (C=O) groups excluding carboxylic acids is 1. The quantitative estimate of drug-likeness (QED) is 0.784. The maximum atomic E-state index is 12.3. The summed E-state index contributed by atoms with van der Waals surface area (Å²) in [4.78, 5) is 20.7. The van der Waals surface area contributed by atoms with Crippen molar-refractivity contribution in [2.45, 2.75) is 6.54 Å². The lowest BCUT2D eigenvalue weighted by atomic mass is 10.1. The molecule has 0 aromatic carbocycles. The average Bonchev–Trinajstić information content (AvgIpc) is 3.14. The highest BCUT2D eigenvalue weighted by molar-refractivity contribution is 5.96. The van der Waals surface area contributed by atoms with E-state index in [0.29, 0.717) is 29.4 Å². The Labute approximate surface area is 133 Å². The molecule has 1 N–H and O–H groups in total. The third kappa shape index (κ3) is 3.21. The molecular formula is C17H15N3O3. The first-order chi connectivity index (χ1) is 11.3. The van der Waals surface area contributed by atoms with Gasteiger partial charge in [-0.05, 0) is 30.3 Å². The highest BCUT2D eigenvalue weighted by atomic mass is 16.5. The zero-order valence-electron chi connectivity index (χ0n) is 12.5. The zero-order valence-corrected chi connectivity index (χ0v) is 12.5. The molecule has 3 heterocycles. The molecule has 6 heteroatoms. The molecule has 1 amide bonds. The van der Waals surface area contributed by atoms with Crippen LogP contribution in [0.4, 0.5) is 0 Å². The van der Waals surface area contributed by atoms with Crippen LogP contribution in [-0.2, 0) is 6.54 Å². The van der Waals surface area contributed by atoms with Crippen LogP contribution in [0.2, 0.25) is 0 Å². The Morgan fingerprint density at radius 3 is 2.78 bits per heavy atom. The molecule has 0 aliphatic heterocycles. The lowest BCUT2D eigenvalue weighted by Gasteiger charge is -2.10. The SMILES string of the molecule is COc1ncccc1C(=O)NCc1cccnc1-c1ccco1. The Balaban J connectivity index is 1.78. The number of methoxy groups -OCH3 is 1. The molecule has 3 aromatic heterocycles. The van der Waals surface area contributed by atoms with Crippen molar-refractivity contribution in [2.75, 3.05) is 7.11 Å². The molecule has 0 atom stereocenters. The van der Waals surface area contributed by atoms with Gasteiger partial charge >= 0.3 is 0 Å². The van der Waals surface area contributed by atoms with E-state index < -0.39 is 0 Å². The number of carbonyl (C=O) groups is 1. The maximum absolute atomic E-state index is 12.3. The normalized spacial score (nSPS) is 10.3. The van der Waals surface area contributed by atoms with E-state index in [-0.39, 0.29) is 5.91 Å². The minimum Gasteiger partial charge on any atom is -0.480 e. The van der Waals surface area contributed by atoms with Gasteiger partial charge in [0.1, 0.15) is 11.3 Å². The number of amides is 1. The fourth-order valence-electron chi connectivity index (χ4n) is 2.21. The summed E-state index contributed by atoms with van der Waals surface area (Å²) in [7, 11) is 1.48.